The van der Waals surface area contributed by atoms with Crippen molar-refractivity contribution >= 4 is 29.9 Å². The van der Waals surface area contributed by atoms with Gasteiger partial charge in [0.25, 0.3) is 0 Å². The number of halogens is 3. The number of aryl methyl sites for hydroxylation is 2. The molecule has 0 amide bonds. The second-order valence-electron chi connectivity index (χ2n) is 6.24. The molecule has 0 unspecified atom stereocenters. The first-order valence-electron chi connectivity index (χ1n) is 8.91. The second kappa shape index (κ2) is 11.8. The number of nitrogens with one attached hydrogen (secondary N) is 2. The number of hydrogen-bond donors (Lipinski definition) is 2. The Hall–Kier alpha value is -2.11. The summed E-state index contributed by atoms with van der Waals surface area (Å²) < 4.78 is 36.5. The Kier molecular flexibility index (Phi) is 10.1. The van der Waals surface area contributed by atoms with Gasteiger partial charge in [0.2, 0.25) is 0 Å². The molecule has 0 saturated heterocycles. The van der Waals surface area contributed by atoms with E-state index in [0.717, 1.165) is 22.5 Å². The minimum absolute atomic E-state index is 0. The standard InChI is InChI=1S/C19H27F2N5O2.HI/c1-12-15(13(2)26(4)25-12)11-24-19(22-3)23-9-8-14-6-7-16(27-5)17(10-14)28-18(20)21;/h6-7,10,18H,8-9,11H2,1-5H3,(H2,22,23,24);1H. The lowest BCUT2D eigenvalue weighted by molar-refractivity contribution is -0.0512. The number of benzene rings is 1. The van der Waals surface area contributed by atoms with Gasteiger partial charge in [0.15, 0.2) is 17.5 Å². The monoisotopic (exact) mass is 523 g/mol. The molecule has 1 aromatic carbocycles. The van der Waals surface area contributed by atoms with E-state index in [1.54, 1.807) is 19.2 Å². The molecule has 0 fully saturated rings. The first-order valence-corrected chi connectivity index (χ1v) is 8.91. The molecule has 0 bridgehead atoms. The van der Waals surface area contributed by atoms with E-state index in [4.69, 9.17) is 4.74 Å². The summed E-state index contributed by atoms with van der Waals surface area (Å²) in [5.74, 6) is 0.956. The summed E-state index contributed by atoms with van der Waals surface area (Å²) in [6.07, 6.45) is 0.606. The molecule has 0 radical (unpaired) electrons. The van der Waals surface area contributed by atoms with Gasteiger partial charge in [-0.3, -0.25) is 9.67 Å². The zero-order valence-corrected chi connectivity index (χ0v) is 19.6. The summed E-state index contributed by atoms with van der Waals surface area (Å²) in [7, 11) is 5.02. The van der Waals surface area contributed by atoms with Crippen molar-refractivity contribution in [3.8, 4) is 11.5 Å². The minimum atomic E-state index is -2.90. The molecule has 162 valence electrons. The van der Waals surface area contributed by atoms with Crippen LogP contribution in [0.5, 0.6) is 11.5 Å². The van der Waals surface area contributed by atoms with Gasteiger partial charge in [-0.05, 0) is 38.0 Å². The predicted octanol–water partition coefficient (Wildman–Crippen LogP) is 3.17. The summed E-state index contributed by atoms with van der Waals surface area (Å²) in [5.41, 5.74) is 4.06. The molecule has 0 atom stereocenters. The third kappa shape index (κ3) is 7.02. The highest BCUT2D eigenvalue weighted by Crippen LogP contribution is 2.29. The van der Waals surface area contributed by atoms with Crippen molar-refractivity contribution < 1.29 is 18.3 Å². The van der Waals surface area contributed by atoms with Crippen molar-refractivity contribution in [3.63, 3.8) is 0 Å². The van der Waals surface area contributed by atoms with Gasteiger partial charge >= 0.3 is 6.61 Å². The Morgan fingerprint density at radius 3 is 2.52 bits per heavy atom. The van der Waals surface area contributed by atoms with Crippen LogP contribution in [0.4, 0.5) is 8.78 Å². The van der Waals surface area contributed by atoms with E-state index < -0.39 is 6.61 Å². The van der Waals surface area contributed by atoms with Crippen LogP contribution in [-0.2, 0) is 20.0 Å². The van der Waals surface area contributed by atoms with E-state index in [0.29, 0.717) is 25.5 Å². The van der Waals surface area contributed by atoms with E-state index in [9.17, 15) is 8.78 Å². The molecule has 0 aliphatic carbocycles. The fourth-order valence-electron chi connectivity index (χ4n) is 2.86. The lowest BCUT2D eigenvalue weighted by atomic mass is 10.1. The fourth-order valence-corrected chi connectivity index (χ4v) is 2.86. The molecule has 29 heavy (non-hydrogen) atoms. The topological polar surface area (TPSA) is 72.7 Å². The molecule has 2 rings (SSSR count). The second-order valence-corrected chi connectivity index (χ2v) is 6.24. The predicted molar refractivity (Wildman–Crippen MR) is 120 cm³/mol. The van der Waals surface area contributed by atoms with Crippen LogP contribution in [0.25, 0.3) is 0 Å². The third-order valence-corrected chi connectivity index (χ3v) is 4.47. The number of guanidine groups is 1. The molecule has 0 aliphatic heterocycles. The number of ether oxygens (including phenoxy) is 2. The Balaban J connectivity index is 0.00000420. The van der Waals surface area contributed by atoms with Crippen LogP contribution in [0.15, 0.2) is 23.2 Å². The van der Waals surface area contributed by atoms with Gasteiger partial charge < -0.3 is 20.1 Å². The third-order valence-electron chi connectivity index (χ3n) is 4.47. The van der Waals surface area contributed by atoms with Crippen LogP contribution in [0.3, 0.4) is 0 Å². The average Bonchev–Trinajstić information content (AvgIpc) is 2.89. The number of methoxy groups -OCH3 is 1. The quantitative estimate of drug-likeness (QED) is 0.316. The summed E-state index contributed by atoms with van der Waals surface area (Å²) >= 11 is 0. The van der Waals surface area contributed by atoms with Crippen molar-refractivity contribution in [2.75, 3.05) is 20.7 Å². The number of rotatable bonds is 8. The fraction of sp³-hybridized carbons (Fsp3) is 0.474. The van der Waals surface area contributed by atoms with E-state index in [1.807, 2.05) is 31.6 Å². The zero-order chi connectivity index (χ0) is 20.7. The molecule has 2 N–H and O–H groups in total. The first-order chi connectivity index (χ1) is 13.3. The highest BCUT2D eigenvalue weighted by Gasteiger charge is 2.12. The number of aromatic nitrogens is 2. The molecular formula is C19H28F2IN5O2. The summed E-state index contributed by atoms with van der Waals surface area (Å²) in [5, 5.41) is 10.9. The Morgan fingerprint density at radius 1 is 1.24 bits per heavy atom. The van der Waals surface area contributed by atoms with Crippen molar-refractivity contribution in [2.45, 2.75) is 33.4 Å². The van der Waals surface area contributed by atoms with Gasteiger partial charge in [-0.25, -0.2) is 0 Å². The van der Waals surface area contributed by atoms with Gasteiger partial charge in [-0.2, -0.15) is 13.9 Å². The first kappa shape index (κ1) is 24.9. The van der Waals surface area contributed by atoms with Gasteiger partial charge in [-0.15, -0.1) is 24.0 Å². The van der Waals surface area contributed by atoms with Crippen LogP contribution in [0, 0.1) is 13.8 Å². The maximum atomic E-state index is 12.5. The Morgan fingerprint density at radius 2 is 1.97 bits per heavy atom. The molecule has 1 heterocycles. The van der Waals surface area contributed by atoms with Crippen molar-refractivity contribution in [2.24, 2.45) is 12.0 Å². The molecular weight excluding hydrogens is 495 g/mol. The molecule has 10 heteroatoms. The van der Waals surface area contributed by atoms with E-state index >= 15 is 0 Å². The molecule has 0 saturated carbocycles. The van der Waals surface area contributed by atoms with Gasteiger partial charge in [0, 0.05) is 38.4 Å². The number of hydrogen-bond acceptors (Lipinski definition) is 4. The van der Waals surface area contributed by atoms with Crippen LogP contribution in [-0.4, -0.2) is 43.1 Å². The van der Waals surface area contributed by atoms with E-state index in [2.05, 4.69) is 25.5 Å². The number of alkyl halides is 2. The van der Waals surface area contributed by atoms with E-state index in [-0.39, 0.29) is 35.5 Å². The average molecular weight is 523 g/mol. The highest BCUT2D eigenvalue weighted by atomic mass is 127. The van der Waals surface area contributed by atoms with Crippen molar-refractivity contribution in [1.29, 1.82) is 0 Å². The molecule has 1 aromatic heterocycles. The lowest BCUT2D eigenvalue weighted by Gasteiger charge is -2.14. The van der Waals surface area contributed by atoms with Gasteiger partial charge in [0.05, 0.1) is 12.8 Å². The highest BCUT2D eigenvalue weighted by molar-refractivity contribution is 14.0. The summed E-state index contributed by atoms with van der Waals surface area (Å²) in [6.45, 7) is 2.29. The summed E-state index contributed by atoms with van der Waals surface area (Å²) in [6, 6.07) is 5.00. The van der Waals surface area contributed by atoms with Crippen LogP contribution >= 0.6 is 24.0 Å². The van der Waals surface area contributed by atoms with Crippen LogP contribution in [0.2, 0.25) is 0 Å². The molecule has 0 aliphatic rings. The SMILES string of the molecule is CN=C(NCCc1ccc(OC)c(OC(F)F)c1)NCc1c(C)nn(C)c1C.I. The molecule has 2 aromatic rings. The largest absolute Gasteiger partial charge is 0.493 e. The normalized spacial score (nSPS) is 11.2. The lowest BCUT2D eigenvalue weighted by Crippen LogP contribution is -2.38. The van der Waals surface area contributed by atoms with Gasteiger partial charge in [0.1, 0.15) is 0 Å². The smallest absolute Gasteiger partial charge is 0.387 e. The molecule has 7 nitrogen and oxygen atoms in total. The molecule has 0 spiro atoms. The van der Waals surface area contributed by atoms with Crippen LogP contribution < -0.4 is 20.1 Å². The van der Waals surface area contributed by atoms with Crippen molar-refractivity contribution in [1.82, 2.24) is 20.4 Å². The van der Waals surface area contributed by atoms with Crippen molar-refractivity contribution in [3.05, 3.63) is 40.7 Å². The summed E-state index contributed by atoms with van der Waals surface area (Å²) in [4.78, 5) is 4.21. The van der Waals surface area contributed by atoms with E-state index in [1.165, 1.54) is 7.11 Å². The zero-order valence-electron chi connectivity index (χ0n) is 17.3. The number of aliphatic imine (C=N–C) groups is 1. The Labute approximate surface area is 186 Å². The maximum Gasteiger partial charge on any atom is 0.387 e. The maximum absolute atomic E-state index is 12.5. The number of nitrogens with zero attached hydrogens (tertiary/aromatic N) is 3. The Bertz CT molecular complexity index is 827. The van der Waals surface area contributed by atoms with Gasteiger partial charge in [-0.1, -0.05) is 6.07 Å². The van der Waals surface area contributed by atoms with Crippen LogP contribution in [0.1, 0.15) is 22.5 Å². The minimum Gasteiger partial charge on any atom is -0.493 e.